The van der Waals surface area contributed by atoms with E-state index < -0.39 is 5.54 Å². The Morgan fingerprint density at radius 1 is 1.69 bits per heavy atom. The number of carbonyl (C=O) groups is 1. The van der Waals surface area contributed by atoms with Gasteiger partial charge in [-0.05, 0) is 27.2 Å². The summed E-state index contributed by atoms with van der Waals surface area (Å²) in [5, 5.41) is 0. The lowest BCUT2D eigenvalue weighted by atomic mass is 10.00. The SMILES string of the molecule is CCOC(=O)C(C)(N)CCn1ccnc1C. The van der Waals surface area contributed by atoms with Crippen molar-refractivity contribution in [1.82, 2.24) is 9.55 Å². The van der Waals surface area contributed by atoms with Crippen molar-refractivity contribution in [2.45, 2.75) is 39.3 Å². The lowest BCUT2D eigenvalue weighted by Crippen LogP contribution is -2.46. The molecule has 0 saturated heterocycles. The van der Waals surface area contributed by atoms with Crippen molar-refractivity contribution < 1.29 is 9.53 Å². The second kappa shape index (κ2) is 5.12. The number of nitrogens with zero attached hydrogens (tertiary/aromatic N) is 2. The number of imidazole rings is 1. The van der Waals surface area contributed by atoms with Gasteiger partial charge in [0.05, 0.1) is 6.61 Å². The smallest absolute Gasteiger partial charge is 0.325 e. The van der Waals surface area contributed by atoms with Gasteiger partial charge in [-0.3, -0.25) is 4.79 Å². The molecule has 0 aliphatic heterocycles. The largest absolute Gasteiger partial charge is 0.465 e. The molecule has 1 aromatic heterocycles. The van der Waals surface area contributed by atoms with Crippen LogP contribution in [0.5, 0.6) is 0 Å². The summed E-state index contributed by atoms with van der Waals surface area (Å²) in [5.41, 5.74) is 4.97. The van der Waals surface area contributed by atoms with Crippen LogP contribution in [0.2, 0.25) is 0 Å². The van der Waals surface area contributed by atoms with E-state index in [4.69, 9.17) is 10.5 Å². The van der Waals surface area contributed by atoms with E-state index in [0.717, 1.165) is 5.82 Å². The first-order chi connectivity index (χ1) is 7.47. The fourth-order valence-corrected chi connectivity index (χ4v) is 1.39. The quantitative estimate of drug-likeness (QED) is 0.755. The van der Waals surface area contributed by atoms with Gasteiger partial charge in [-0.15, -0.1) is 0 Å². The lowest BCUT2D eigenvalue weighted by molar-refractivity contribution is -0.149. The highest BCUT2D eigenvalue weighted by molar-refractivity contribution is 5.79. The van der Waals surface area contributed by atoms with Gasteiger partial charge in [-0.2, -0.15) is 0 Å². The standard InChI is InChI=1S/C11H19N3O2/c1-4-16-10(15)11(3,12)5-7-14-8-6-13-9(14)2/h6,8H,4-5,7,12H2,1-3H3. The zero-order valence-corrected chi connectivity index (χ0v) is 10.1. The summed E-state index contributed by atoms with van der Waals surface area (Å²) in [6.07, 6.45) is 4.13. The third-order valence-electron chi connectivity index (χ3n) is 2.54. The lowest BCUT2D eigenvalue weighted by Gasteiger charge is -2.22. The van der Waals surface area contributed by atoms with Gasteiger partial charge in [0.1, 0.15) is 11.4 Å². The Morgan fingerprint density at radius 2 is 2.38 bits per heavy atom. The molecule has 1 unspecified atom stereocenters. The van der Waals surface area contributed by atoms with E-state index in [2.05, 4.69) is 4.98 Å². The number of nitrogens with two attached hydrogens (primary N) is 1. The highest BCUT2D eigenvalue weighted by atomic mass is 16.5. The van der Waals surface area contributed by atoms with Crippen LogP contribution in [0.15, 0.2) is 12.4 Å². The van der Waals surface area contributed by atoms with E-state index in [0.29, 0.717) is 19.6 Å². The molecule has 0 radical (unpaired) electrons. The zero-order valence-electron chi connectivity index (χ0n) is 10.1. The molecule has 0 fully saturated rings. The van der Waals surface area contributed by atoms with Gasteiger partial charge in [0.25, 0.3) is 0 Å². The minimum absolute atomic E-state index is 0.354. The maximum absolute atomic E-state index is 11.5. The Morgan fingerprint density at radius 3 is 2.88 bits per heavy atom. The first kappa shape index (κ1) is 12.7. The van der Waals surface area contributed by atoms with Crippen LogP contribution >= 0.6 is 0 Å². The van der Waals surface area contributed by atoms with Crippen molar-refractivity contribution >= 4 is 5.97 Å². The summed E-state index contributed by atoms with van der Waals surface area (Å²) >= 11 is 0. The average molecular weight is 225 g/mol. The maximum Gasteiger partial charge on any atom is 0.325 e. The fraction of sp³-hybridized carbons (Fsp3) is 0.636. The molecule has 1 rings (SSSR count). The zero-order chi connectivity index (χ0) is 12.2. The number of aryl methyl sites for hydroxylation is 2. The van der Waals surface area contributed by atoms with Gasteiger partial charge in [-0.25, -0.2) is 4.98 Å². The molecule has 1 aromatic rings. The number of aromatic nitrogens is 2. The van der Waals surface area contributed by atoms with Crippen LogP contribution in [-0.4, -0.2) is 27.7 Å². The number of esters is 1. The first-order valence-electron chi connectivity index (χ1n) is 5.41. The third-order valence-corrected chi connectivity index (χ3v) is 2.54. The van der Waals surface area contributed by atoms with Gasteiger partial charge in [0.15, 0.2) is 0 Å². The van der Waals surface area contributed by atoms with E-state index in [9.17, 15) is 4.79 Å². The molecule has 0 aliphatic rings. The summed E-state index contributed by atoms with van der Waals surface area (Å²) in [4.78, 5) is 15.6. The molecule has 0 spiro atoms. The third kappa shape index (κ3) is 3.06. The van der Waals surface area contributed by atoms with E-state index in [-0.39, 0.29) is 5.97 Å². The summed E-state index contributed by atoms with van der Waals surface area (Å²) < 4.78 is 6.88. The van der Waals surface area contributed by atoms with Crippen LogP contribution in [0.1, 0.15) is 26.1 Å². The van der Waals surface area contributed by atoms with Crippen LogP contribution in [0, 0.1) is 6.92 Å². The molecule has 1 atom stereocenters. The van der Waals surface area contributed by atoms with E-state index in [1.807, 2.05) is 17.7 Å². The van der Waals surface area contributed by atoms with Crippen LogP contribution in [0.3, 0.4) is 0 Å². The molecule has 0 bridgehead atoms. The van der Waals surface area contributed by atoms with Crippen molar-refractivity contribution in [3.63, 3.8) is 0 Å². The minimum atomic E-state index is -0.938. The molecule has 2 N–H and O–H groups in total. The summed E-state index contributed by atoms with van der Waals surface area (Å²) in [7, 11) is 0. The Kier molecular flexibility index (Phi) is 4.06. The topological polar surface area (TPSA) is 70.1 Å². The van der Waals surface area contributed by atoms with Crippen molar-refractivity contribution in [3.05, 3.63) is 18.2 Å². The monoisotopic (exact) mass is 225 g/mol. The molecule has 5 heteroatoms. The second-order valence-corrected chi connectivity index (χ2v) is 4.06. The van der Waals surface area contributed by atoms with Gasteiger partial charge >= 0.3 is 5.97 Å². The Bertz CT molecular complexity index is 358. The van der Waals surface area contributed by atoms with Crippen LogP contribution in [0.25, 0.3) is 0 Å². The average Bonchev–Trinajstić information content (AvgIpc) is 2.61. The second-order valence-electron chi connectivity index (χ2n) is 4.06. The Balaban J connectivity index is 2.54. The van der Waals surface area contributed by atoms with Gasteiger partial charge in [0, 0.05) is 18.9 Å². The molecular formula is C11H19N3O2. The normalized spacial score (nSPS) is 14.5. The summed E-state index contributed by atoms with van der Waals surface area (Å²) in [5.74, 6) is 0.562. The van der Waals surface area contributed by atoms with Crippen LogP contribution in [0.4, 0.5) is 0 Å². The molecule has 0 amide bonds. The number of carbonyl (C=O) groups excluding carboxylic acids is 1. The van der Waals surface area contributed by atoms with Crippen molar-refractivity contribution in [2.75, 3.05) is 6.61 Å². The van der Waals surface area contributed by atoms with Gasteiger partial charge in [-0.1, -0.05) is 0 Å². The van der Waals surface area contributed by atoms with E-state index in [1.165, 1.54) is 0 Å². The Labute approximate surface area is 95.6 Å². The van der Waals surface area contributed by atoms with Crippen molar-refractivity contribution in [3.8, 4) is 0 Å². The summed E-state index contributed by atoms with van der Waals surface area (Å²) in [6, 6.07) is 0. The predicted octanol–water partition coefficient (Wildman–Crippen LogP) is 0.862. The van der Waals surface area contributed by atoms with Crippen LogP contribution < -0.4 is 5.73 Å². The van der Waals surface area contributed by atoms with Gasteiger partial charge in [0.2, 0.25) is 0 Å². The minimum Gasteiger partial charge on any atom is -0.465 e. The number of hydrogen-bond acceptors (Lipinski definition) is 4. The molecule has 0 saturated carbocycles. The molecule has 0 aromatic carbocycles. The predicted molar refractivity (Wildman–Crippen MR) is 60.8 cm³/mol. The maximum atomic E-state index is 11.5. The highest BCUT2D eigenvalue weighted by Crippen LogP contribution is 2.11. The molecule has 0 aliphatic carbocycles. The molecule has 16 heavy (non-hydrogen) atoms. The number of ether oxygens (including phenoxy) is 1. The number of hydrogen-bond donors (Lipinski definition) is 1. The molecule has 90 valence electrons. The number of rotatable bonds is 5. The molecule has 5 nitrogen and oxygen atoms in total. The summed E-state index contributed by atoms with van der Waals surface area (Å²) in [6.45, 7) is 6.40. The first-order valence-corrected chi connectivity index (χ1v) is 5.41. The van der Waals surface area contributed by atoms with Crippen LogP contribution in [-0.2, 0) is 16.1 Å². The van der Waals surface area contributed by atoms with Crippen molar-refractivity contribution in [2.24, 2.45) is 5.73 Å². The molecule has 1 heterocycles. The molecular weight excluding hydrogens is 206 g/mol. The van der Waals surface area contributed by atoms with Crippen molar-refractivity contribution in [1.29, 1.82) is 0 Å². The Hall–Kier alpha value is -1.36. The van der Waals surface area contributed by atoms with E-state index in [1.54, 1.807) is 20.0 Å². The fourth-order valence-electron chi connectivity index (χ4n) is 1.39. The highest BCUT2D eigenvalue weighted by Gasteiger charge is 2.29. The van der Waals surface area contributed by atoms with Gasteiger partial charge < -0.3 is 15.0 Å². The van der Waals surface area contributed by atoms with E-state index >= 15 is 0 Å².